The van der Waals surface area contributed by atoms with E-state index in [1.165, 1.54) is 4.90 Å². The van der Waals surface area contributed by atoms with E-state index >= 15 is 0 Å². The number of hydrogen-bond donors (Lipinski definition) is 2. The summed E-state index contributed by atoms with van der Waals surface area (Å²) in [5, 5.41) is 8.24. The van der Waals surface area contributed by atoms with E-state index < -0.39 is 0 Å². The fourth-order valence-corrected chi connectivity index (χ4v) is 5.58. The van der Waals surface area contributed by atoms with Crippen molar-refractivity contribution in [3.05, 3.63) is 70.2 Å². The number of amides is 2. The number of halogens is 1. The SMILES string of the molecule is N=C(N)c1ccc([C@@H]2[C@@H]3C(=O)N(Cc4ccc(Cl)cc4)C(=O)[C@@H]3[C@H]3CCCN32)cc1. The van der Waals surface area contributed by atoms with Gasteiger partial charge in [0.2, 0.25) is 11.8 Å². The van der Waals surface area contributed by atoms with Crippen molar-refractivity contribution >= 4 is 29.3 Å². The molecule has 30 heavy (non-hydrogen) atoms. The van der Waals surface area contributed by atoms with E-state index in [0.717, 1.165) is 30.5 Å². The summed E-state index contributed by atoms with van der Waals surface area (Å²) >= 11 is 5.97. The Balaban J connectivity index is 1.48. The van der Waals surface area contributed by atoms with Crippen LogP contribution in [0.15, 0.2) is 48.5 Å². The Morgan fingerprint density at radius 1 is 1.03 bits per heavy atom. The highest BCUT2D eigenvalue weighted by molar-refractivity contribution is 6.30. The monoisotopic (exact) mass is 422 g/mol. The Hall–Kier alpha value is -2.70. The molecule has 3 heterocycles. The Kier molecular flexibility index (Phi) is 4.64. The molecule has 6 nitrogen and oxygen atoms in total. The van der Waals surface area contributed by atoms with Crippen LogP contribution in [0.3, 0.4) is 0 Å². The van der Waals surface area contributed by atoms with Crippen LogP contribution < -0.4 is 5.73 Å². The summed E-state index contributed by atoms with van der Waals surface area (Å²) < 4.78 is 0. The number of carbonyl (C=O) groups excluding carboxylic acids is 2. The molecule has 0 aliphatic carbocycles. The summed E-state index contributed by atoms with van der Waals surface area (Å²) in [5.74, 6) is -0.774. The molecule has 4 atom stereocenters. The van der Waals surface area contributed by atoms with E-state index in [4.69, 9.17) is 22.7 Å². The van der Waals surface area contributed by atoms with Crippen LogP contribution in [0, 0.1) is 17.2 Å². The van der Waals surface area contributed by atoms with Crippen molar-refractivity contribution in [2.75, 3.05) is 6.54 Å². The number of fused-ring (bicyclic) bond motifs is 3. The molecule has 0 spiro atoms. The minimum absolute atomic E-state index is 0.0196. The summed E-state index contributed by atoms with van der Waals surface area (Å²) in [6, 6.07) is 14.8. The van der Waals surface area contributed by atoms with Crippen LogP contribution >= 0.6 is 11.6 Å². The molecular formula is C23H23ClN4O2. The number of amidine groups is 1. The number of nitrogen functional groups attached to an aromatic ring is 1. The zero-order valence-corrected chi connectivity index (χ0v) is 17.2. The lowest BCUT2D eigenvalue weighted by Crippen LogP contribution is -2.38. The van der Waals surface area contributed by atoms with Gasteiger partial charge in [0, 0.05) is 22.7 Å². The number of nitrogens with two attached hydrogens (primary N) is 1. The average molecular weight is 423 g/mol. The topological polar surface area (TPSA) is 90.5 Å². The molecule has 2 aromatic carbocycles. The number of benzene rings is 2. The van der Waals surface area contributed by atoms with Crippen molar-refractivity contribution in [2.45, 2.75) is 31.5 Å². The number of imide groups is 1. The molecule has 3 fully saturated rings. The van der Waals surface area contributed by atoms with Crippen LogP contribution in [-0.4, -0.2) is 40.0 Å². The second-order valence-electron chi connectivity index (χ2n) is 8.37. The van der Waals surface area contributed by atoms with Crippen molar-refractivity contribution in [1.82, 2.24) is 9.80 Å². The molecule has 0 bridgehead atoms. The van der Waals surface area contributed by atoms with Gasteiger partial charge in [0.15, 0.2) is 0 Å². The maximum atomic E-state index is 13.5. The Labute approximate surface area is 180 Å². The van der Waals surface area contributed by atoms with Crippen molar-refractivity contribution in [2.24, 2.45) is 17.6 Å². The molecule has 3 saturated heterocycles. The number of nitrogens with one attached hydrogen (secondary N) is 1. The van der Waals surface area contributed by atoms with Gasteiger partial charge >= 0.3 is 0 Å². The summed E-state index contributed by atoms with van der Waals surface area (Å²) in [5.41, 5.74) is 8.15. The molecule has 5 rings (SSSR count). The van der Waals surface area contributed by atoms with Gasteiger partial charge in [0.05, 0.1) is 18.4 Å². The first-order valence-electron chi connectivity index (χ1n) is 10.3. The van der Waals surface area contributed by atoms with Gasteiger partial charge in [-0.2, -0.15) is 0 Å². The third kappa shape index (κ3) is 2.94. The Morgan fingerprint density at radius 3 is 2.37 bits per heavy atom. The predicted octanol–water partition coefficient (Wildman–Crippen LogP) is 2.94. The third-order valence-electron chi connectivity index (χ3n) is 6.76. The largest absolute Gasteiger partial charge is 0.384 e. The van der Waals surface area contributed by atoms with Crippen LogP contribution in [0.2, 0.25) is 5.02 Å². The van der Waals surface area contributed by atoms with Crippen LogP contribution in [-0.2, 0) is 16.1 Å². The first-order chi connectivity index (χ1) is 14.5. The first kappa shape index (κ1) is 19.3. The van der Waals surface area contributed by atoms with E-state index in [-0.39, 0.29) is 48.1 Å². The molecule has 2 aromatic rings. The van der Waals surface area contributed by atoms with Gasteiger partial charge in [0.1, 0.15) is 5.84 Å². The quantitative estimate of drug-likeness (QED) is 0.450. The number of carbonyl (C=O) groups is 2. The summed E-state index contributed by atoms with van der Waals surface area (Å²) in [6.45, 7) is 1.18. The number of hydrogen-bond acceptors (Lipinski definition) is 4. The van der Waals surface area contributed by atoms with E-state index in [9.17, 15) is 9.59 Å². The number of rotatable bonds is 4. The van der Waals surface area contributed by atoms with Crippen molar-refractivity contribution in [1.29, 1.82) is 5.41 Å². The molecule has 0 saturated carbocycles. The molecule has 3 aliphatic rings. The highest BCUT2D eigenvalue weighted by Crippen LogP contribution is 2.53. The number of likely N-dealkylation sites (tertiary alicyclic amines) is 1. The van der Waals surface area contributed by atoms with Gasteiger partial charge in [-0.05, 0) is 42.6 Å². The zero-order valence-electron chi connectivity index (χ0n) is 16.4. The zero-order chi connectivity index (χ0) is 21.0. The van der Waals surface area contributed by atoms with Crippen LogP contribution in [0.25, 0.3) is 0 Å². The van der Waals surface area contributed by atoms with Crippen LogP contribution in [0.5, 0.6) is 0 Å². The van der Waals surface area contributed by atoms with Gasteiger partial charge in [0.25, 0.3) is 0 Å². The van der Waals surface area contributed by atoms with E-state index in [2.05, 4.69) is 4.90 Å². The maximum absolute atomic E-state index is 13.5. The highest BCUT2D eigenvalue weighted by atomic mass is 35.5. The first-order valence-corrected chi connectivity index (χ1v) is 10.6. The van der Waals surface area contributed by atoms with Crippen molar-refractivity contribution in [3.63, 3.8) is 0 Å². The predicted molar refractivity (Wildman–Crippen MR) is 114 cm³/mol. The summed E-state index contributed by atoms with van der Waals surface area (Å²) in [6.07, 6.45) is 1.98. The maximum Gasteiger partial charge on any atom is 0.235 e. The molecule has 2 amide bonds. The lowest BCUT2D eigenvalue weighted by atomic mass is 9.85. The lowest BCUT2D eigenvalue weighted by Gasteiger charge is -2.29. The van der Waals surface area contributed by atoms with E-state index in [1.807, 2.05) is 36.4 Å². The molecule has 154 valence electrons. The van der Waals surface area contributed by atoms with Gasteiger partial charge in [-0.1, -0.05) is 48.0 Å². The summed E-state index contributed by atoms with van der Waals surface area (Å²) in [7, 11) is 0. The summed E-state index contributed by atoms with van der Waals surface area (Å²) in [4.78, 5) is 30.6. The molecule has 3 aliphatic heterocycles. The van der Waals surface area contributed by atoms with Gasteiger partial charge in [-0.15, -0.1) is 0 Å². The minimum Gasteiger partial charge on any atom is -0.384 e. The lowest BCUT2D eigenvalue weighted by molar-refractivity contribution is -0.142. The molecule has 0 aromatic heterocycles. The molecule has 0 radical (unpaired) electrons. The average Bonchev–Trinajstić information content (AvgIpc) is 3.38. The second kappa shape index (κ2) is 7.22. The third-order valence-corrected chi connectivity index (χ3v) is 7.01. The number of nitrogens with zero attached hydrogens (tertiary/aromatic N) is 2. The normalized spacial score (nSPS) is 28.1. The minimum atomic E-state index is -0.363. The molecule has 3 N–H and O–H groups in total. The van der Waals surface area contributed by atoms with Crippen molar-refractivity contribution in [3.8, 4) is 0 Å². The van der Waals surface area contributed by atoms with Crippen LogP contribution in [0.4, 0.5) is 0 Å². The second-order valence-corrected chi connectivity index (χ2v) is 8.81. The van der Waals surface area contributed by atoms with Crippen LogP contribution in [0.1, 0.15) is 35.6 Å². The fourth-order valence-electron chi connectivity index (χ4n) is 5.45. The van der Waals surface area contributed by atoms with Crippen molar-refractivity contribution < 1.29 is 9.59 Å². The highest BCUT2D eigenvalue weighted by Gasteiger charge is 2.62. The molecule has 7 heteroatoms. The van der Waals surface area contributed by atoms with E-state index in [0.29, 0.717) is 10.6 Å². The standard InChI is InChI=1S/C23H23ClN4O2/c24-16-9-3-13(4-10-16)12-28-22(29)18-17-2-1-11-27(17)20(19(18)23(28)30)14-5-7-15(8-6-14)21(25)26/h3-10,17-20H,1-2,11-12H2,(H3,25,26)/t17-,18-,19-,20-/m1/s1. The molecular weight excluding hydrogens is 400 g/mol. The Morgan fingerprint density at radius 2 is 1.70 bits per heavy atom. The Bertz CT molecular complexity index is 1020. The van der Waals surface area contributed by atoms with E-state index in [1.54, 1.807) is 12.1 Å². The molecule has 0 unspecified atom stereocenters. The van der Waals surface area contributed by atoms with Gasteiger partial charge < -0.3 is 5.73 Å². The van der Waals surface area contributed by atoms with Gasteiger partial charge in [-0.25, -0.2) is 0 Å². The fraction of sp³-hybridized carbons (Fsp3) is 0.348. The van der Waals surface area contributed by atoms with Gasteiger partial charge in [-0.3, -0.25) is 24.8 Å². The smallest absolute Gasteiger partial charge is 0.235 e.